The number of hydrogen-bond donors (Lipinski definition) is 1. The molecule has 0 saturated carbocycles. The molecule has 1 aromatic heterocycles. The molecule has 0 atom stereocenters. The minimum Gasteiger partial charge on any atom is -0.493 e. The van der Waals surface area contributed by atoms with Crippen LogP contribution in [0.15, 0.2) is 23.6 Å². The van der Waals surface area contributed by atoms with Gasteiger partial charge in [-0.1, -0.05) is 6.07 Å². The van der Waals surface area contributed by atoms with Crippen LogP contribution in [-0.4, -0.2) is 19.1 Å². The number of methoxy groups -OCH3 is 1. The number of hydrogen-bond acceptors (Lipinski definition) is 5. The molecule has 0 saturated heterocycles. The molecule has 1 aromatic carbocycles. The maximum atomic E-state index is 5.76. The topological polar surface area (TPSA) is 43.4 Å². The predicted molar refractivity (Wildman–Crippen MR) is 76.9 cm³/mol. The summed E-state index contributed by atoms with van der Waals surface area (Å²) in [6, 6.07) is 5.89. The zero-order valence-corrected chi connectivity index (χ0v) is 12.2. The lowest BCUT2D eigenvalue weighted by Crippen LogP contribution is -2.05. The van der Waals surface area contributed by atoms with E-state index in [1.54, 1.807) is 18.4 Å². The van der Waals surface area contributed by atoms with Crippen LogP contribution in [0.25, 0.3) is 0 Å². The molecule has 2 rings (SSSR count). The second-order valence-corrected chi connectivity index (χ2v) is 5.15. The molecule has 0 bridgehead atoms. The first kappa shape index (κ1) is 13.8. The van der Waals surface area contributed by atoms with E-state index in [9.17, 15) is 0 Å². The van der Waals surface area contributed by atoms with Crippen molar-refractivity contribution >= 4 is 11.3 Å². The average molecular weight is 278 g/mol. The van der Waals surface area contributed by atoms with E-state index in [1.807, 2.05) is 37.6 Å². The van der Waals surface area contributed by atoms with E-state index >= 15 is 0 Å². The van der Waals surface area contributed by atoms with Crippen LogP contribution in [0, 0.1) is 6.92 Å². The van der Waals surface area contributed by atoms with E-state index in [-0.39, 0.29) is 0 Å². The largest absolute Gasteiger partial charge is 0.493 e. The van der Waals surface area contributed by atoms with Gasteiger partial charge in [0.15, 0.2) is 11.5 Å². The molecule has 4 nitrogen and oxygen atoms in total. The molecule has 5 heteroatoms. The van der Waals surface area contributed by atoms with Crippen molar-refractivity contribution in [2.24, 2.45) is 0 Å². The van der Waals surface area contributed by atoms with Crippen LogP contribution in [0.3, 0.4) is 0 Å². The fraction of sp³-hybridized carbons (Fsp3) is 0.357. The number of aryl methyl sites for hydroxylation is 1. The van der Waals surface area contributed by atoms with E-state index < -0.39 is 0 Å². The zero-order chi connectivity index (χ0) is 13.7. The third-order valence-electron chi connectivity index (χ3n) is 2.62. The Morgan fingerprint density at radius 2 is 2.16 bits per heavy atom. The van der Waals surface area contributed by atoms with E-state index in [1.165, 1.54) is 0 Å². The summed E-state index contributed by atoms with van der Waals surface area (Å²) < 4.78 is 11.1. The second kappa shape index (κ2) is 6.54. The van der Waals surface area contributed by atoms with Crippen molar-refractivity contribution in [2.75, 3.05) is 14.2 Å². The number of rotatable bonds is 6. The Morgan fingerprint density at radius 3 is 2.89 bits per heavy atom. The molecule has 0 radical (unpaired) electrons. The maximum absolute atomic E-state index is 5.76. The Balaban J connectivity index is 2.01. The Hall–Kier alpha value is -1.59. The molecule has 1 N–H and O–H groups in total. The quantitative estimate of drug-likeness (QED) is 0.882. The average Bonchev–Trinajstić information content (AvgIpc) is 2.85. The highest BCUT2D eigenvalue weighted by molar-refractivity contribution is 7.09. The van der Waals surface area contributed by atoms with Gasteiger partial charge in [-0.3, -0.25) is 0 Å². The van der Waals surface area contributed by atoms with Crippen molar-refractivity contribution in [3.63, 3.8) is 0 Å². The molecule has 2 aromatic rings. The molecule has 0 aliphatic carbocycles. The van der Waals surface area contributed by atoms with Crippen molar-refractivity contribution in [2.45, 2.75) is 20.1 Å². The molecule has 0 amide bonds. The van der Waals surface area contributed by atoms with E-state index in [0.717, 1.165) is 34.3 Å². The van der Waals surface area contributed by atoms with Gasteiger partial charge >= 0.3 is 0 Å². The Bertz CT molecular complexity index is 540. The van der Waals surface area contributed by atoms with Crippen molar-refractivity contribution in [1.29, 1.82) is 0 Å². The van der Waals surface area contributed by atoms with Crippen LogP contribution in [0.2, 0.25) is 0 Å². The molecule has 102 valence electrons. The zero-order valence-electron chi connectivity index (χ0n) is 11.4. The summed E-state index contributed by atoms with van der Waals surface area (Å²) in [6.45, 7) is 3.27. The summed E-state index contributed by atoms with van der Waals surface area (Å²) in [6.07, 6.45) is 0. The molecule has 0 unspecified atom stereocenters. The van der Waals surface area contributed by atoms with Crippen molar-refractivity contribution in [3.8, 4) is 11.5 Å². The number of nitrogens with one attached hydrogen (secondary N) is 1. The number of ether oxygens (including phenoxy) is 2. The first-order valence-electron chi connectivity index (χ1n) is 6.08. The molecular formula is C14H18N2O2S. The van der Waals surface area contributed by atoms with Crippen LogP contribution in [0.4, 0.5) is 0 Å². The third kappa shape index (κ3) is 3.68. The summed E-state index contributed by atoms with van der Waals surface area (Å²) in [5.74, 6) is 1.50. The summed E-state index contributed by atoms with van der Waals surface area (Å²) in [5, 5.41) is 6.17. The van der Waals surface area contributed by atoms with E-state index in [4.69, 9.17) is 9.47 Å². The lowest BCUT2D eigenvalue weighted by atomic mass is 10.2. The number of benzene rings is 1. The Labute approximate surface area is 117 Å². The lowest BCUT2D eigenvalue weighted by molar-refractivity contribution is 0.281. The van der Waals surface area contributed by atoms with Gasteiger partial charge < -0.3 is 14.8 Å². The first-order valence-corrected chi connectivity index (χ1v) is 6.96. The number of nitrogens with zero attached hydrogens (tertiary/aromatic N) is 1. The Morgan fingerprint density at radius 1 is 1.32 bits per heavy atom. The van der Waals surface area contributed by atoms with Gasteiger partial charge in [0.1, 0.15) is 11.6 Å². The normalized spacial score (nSPS) is 10.5. The molecule has 0 aliphatic rings. The highest BCUT2D eigenvalue weighted by Crippen LogP contribution is 2.28. The van der Waals surface area contributed by atoms with Gasteiger partial charge in [-0.2, -0.15) is 0 Å². The van der Waals surface area contributed by atoms with Gasteiger partial charge in [-0.25, -0.2) is 4.98 Å². The summed E-state index contributed by atoms with van der Waals surface area (Å²) >= 11 is 1.64. The summed E-state index contributed by atoms with van der Waals surface area (Å²) in [7, 11) is 3.56. The highest BCUT2D eigenvalue weighted by atomic mass is 32.1. The second-order valence-electron chi connectivity index (χ2n) is 4.21. The van der Waals surface area contributed by atoms with Crippen molar-refractivity contribution < 1.29 is 9.47 Å². The molecule has 19 heavy (non-hydrogen) atoms. The summed E-state index contributed by atoms with van der Waals surface area (Å²) in [4.78, 5) is 4.48. The van der Waals surface area contributed by atoms with Crippen molar-refractivity contribution in [1.82, 2.24) is 10.3 Å². The maximum Gasteiger partial charge on any atom is 0.161 e. The van der Waals surface area contributed by atoms with Gasteiger partial charge in [0.2, 0.25) is 0 Å². The molecule has 0 fully saturated rings. The van der Waals surface area contributed by atoms with E-state index in [0.29, 0.717) is 6.61 Å². The van der Waals surface area contributed by atoms with Crippen LogP contribution in [0.5, 0.6) is 11.5 Å². The van der Waals surface area contributed by atoms with Gasteiger partial charge in [0, 0.05) is 11.9 Å². The molecular weight excluding hydrogens is 260 g/mol. The minimum absolute atomic E-state index is 0.458. The first-order chi connectivity index (χ1) is 9.22. The monoisotopic (exact) mass is 278 g/mol. The Kier molecular flexibility index (Phi) is 4.76. The van der Waals surface area contributed by atoms with Gasteiger partial charge in [0.25, 0.3) is 0 Å². The fourth-order valence-electron chi connectivity index (χ4n) is 1.69. The lowest BCUT2D eigenvalue weighted by Gasteiger charge is -2.10. The minimum atomic E-state index is 0.458. The number of aromatic nitrogens is 1. The summed E-state index contributed by atoms with van der Waals surface area (Å²) in [5.41, 5.74) is 2.09. The highest BCUT2D eigenvalue weighted by Gasteiger charge is 2.06. The smallest absolute Gasteiger partial charge is 0.161 e. The van der Waals surface area contributed by atoms with Crippen LogP contribution < -0.4 is 14.8 Å². The van der Waals surface area contributed by atoms with Crippen LogP contribution in [0.1, 0.15) is 16.3 Å². The molecule has 1 heterocycles. The van der Waals surface area contributed by atoms with Gasteiger partial charge in [0.05, 0.1) is 12.8 Å². The standard InChI is InChI=1S/C14H18N2O2S/c1-10-4-5-12(13(6-10)17-3)18-8-11-9-19-14(16-11)7-15-2/h4-6,9,15H,7-8H2,1-3H3. The van der Waals surface area contributed by atoms with Crippen LogP contribution >= 0.6 is 11.3 Å². The van der Waals surface area contributed by atoms with Gasteiger partial charge in [-0.05, 0) is 31.7 Å². The SMILES string of the molecule is CNCc1nc(COc2ccc(C)cc2OC)cs1. The molecule has 0 spiro atoms. The van der Waals surface area contributed by atoms with Crippen LogP contribution in [-0.2, 0) is 13.2 Å². The van der Waals surface area contributed by atoms with Crippen molar-refractivity contribution in [3.05, 3.63) is 39.8 Å². The predicted octanol–water partition coefficient (Wildman–Crippen LogP) is 2.76. The number of thiazole rings is 1. The third-order valence-corrected chi connectivity index (χ3v) is 3.52. The fourth-order valence-corrected chi connectivity index (χ4v) is 2.48. The molecule has 0 aliphatic heterocycles. The van der Waals surface area contributed by atoms with E-state index in [2.05, 4.69) is 10.3 Å². The van der Waals surface area contributed by atoms with Gasteiger partial charge in [-0.15, -0.1) is 11.3 Å².